The van der Waals surface area contributed by atoms with E-state index in [2.05, 4.69) is 43.0 Å². The number of carbonyl (C=O) groups excluding carboxylic acids is 1. The monoisotopic (exact) mass is 300 g/mol. The Morgan fingerprint density at radius 2 is 2.00 bits per heavy atom. The lowest BCUT2D eigenvalue weighted by atomic mass is 9.93. The maximum absolute atomic E-state index is 12.2. The van der Waals surface area contributed by atoms with Gasteiger partial charge in [0.15, 0.2) is 5.65 Å². The fourth-order valence-corrected chi connectivity index (χ4v) is 2.98. The summed E-state index contributed by atoms with van der Waals surface area (Å²) in [4.78, 5) is 24.8. The molecule has 1 amide bonds. The first-order chi connectivity index (χ1) is 10.4. The van der Waals surface area contributed by atoms with Gasteiger partial charge in [-0.1, -0.05) is 27.7 Å². The van der Waals surface area contributed by atoms with Gasteiger partial charge in [0.2, 0.25) is 5.91 Å². The summed E-state index contributed by atoms with van der Waals surface area (Å²) in [5, 5.41) is 3.14. The van der Waals surface area contributed by atoms with Crippen LogP contribution >= 0.6 is 0 Å². The Bertz CT molecular complexity index is 702. The molecule has 2 aromatic heterocycles. The molecule has 22 heavy (non-hydrogen) atoms. The van der Waals surface area contributed by atoms with Crippen molar-refractivity contribution in [3.63, 3.8) is 0 Å². The highest BCUT2D eigenvalue weighted by molar-refractivity contribution is 5.81. The minimum atomic E-state index is 0.0874. The van der Waals surface area contributed by atoms with Gasteiger partial charge in [-0.05, 0) is 30.4 Å². The van der Waals surface area contributed by atoms with Crippen molar-refractivity contribution in [2.75, 3.05) is 0 Å². The van der Waals surface area contributed by atoms with Gasteiger partial charge < -0.3 is 10.3 Å². The molecule has 0 aromatic carbocycles. The number of carbonyl (C=O) groups is 1. The van der Waals surface area contributed by atoms with Gasteiger partial charge in [0.05, 0.1) is 11.9 Å². The van der Waals surface area contributed by atoms with Crippen LogP contribution in [0.25, 0.3) is 11.2 Å². The molecule has 1 unspecified atom stereocenters. The second-order valence-electron chi connectivity index (χ2n) is 6.88. The SMILES string of the molecule is CC(C)c1nc2nc3c(cc2[nH]1)CC(=O)NC(C(C)C)CC3. The van der Waals surface area contributed by atoms with Crippen molar-refractivity contribution in [1.29, 1.82) is 0 Å². The van der Waals surface area contributed by atoms with Crippen LogP contribution in [0.3, 0.4) is 0 Å². The van der Waals surface area contributed by atoms with Crippen molar-refractivity contribution in [3.8, 4) is 0 Å². The summed E-state index contributed by atoms with van der Waals surface area (Å²) < 4.78 is 0. The van der Waals surface area contributed by atoms with E-state index in [9.17, 15) is 4.79 Å². The van der Waals surface area contributed by atoms with E-state index in [0.717, 1.165) is 41.1 Å². The number of nitrogens with one attached hydrogen (secondary N) is 2. The Labute approximate surface area is 130 Å². The van der Waals surface area contributed by atoms with Crippen LogP contribution in [0.2, 0.25) is 0 Å². The molecule has 2 N–H and O–H groups in total. The Morgan fingerprint density at radius 3 is 2.68 bits per heavy atom. The third-order valence-electron chi connectivity index (χ3n) is 4.40. The van der Waals surface area contributed by atoms with Crippen molar-refractivity contribution in [3.05, 3.63) is 23.1 Å². The van der Waals surface area contributed by atoms with Gasteiger partial charge >= 0.3 is 0 Å². The van der Waals surface area contributed by atoms with E-state index in [1.165, 1.54) is 0 Å². The Morgan fingerprint density at radius 1 is 1.23 bits per heavy atom. The number of amides is 1. The molecule has 2 aromatic rings. The number of nitrogens with zero attached hydrogens (tertiary/aromatic N) is 2. The molecule has 1 atom stereocenters. The van der Waals surface area contributed by atoms with Crippen molar-refractivity contribution in [2.24, 2.45) is 5.92 Å². The van der Waals surface area contributed by atoms with E-state index in [4.69, 9.17) is 4.98 Å². The summed E-state index contributed by atoms with van der Waals surface area (Å²) in [5.41, 5.74) is 3.74. The van der Waals surface area contributed by atoms with Crippen molar-refractivity contribution in [1.82, 2.24) is 20.3 Å². The van der Waals surface area contributed by atoms with Crippen LogP contribution in [-0.4, -0.2) is 26.9 Å². The van der Waals surface area contributed by atoms with Crippen molar-refractivity contribution in [2.45, 2.75) is 58.9 Å². The van der Waals surface area contributed by atoms with Crippen LogP contribution < -0.4 is 5.32 Å². The third kappa shape index (κ3) is 2.85. The predicted molar refractivity (Wildman–Crippen MR) is 86.8 cm³/mol. The van der Waals surface area contributed by atoms with Crippen LogP contribution in [-0.2, 0) is 17.6 Å². The van der Waals surface area contributed by atoms with Gasteiger partial charge in [0, 0.05) is 17.7 Å². The van der Waals surface area contributed by atoms with Crippen LogP contribution in [0.4, 0.5) is 0 Å². The molecule has 5 heteroatoms. The van der Waals surface area contributed by atoms with E-state index in [1.54, 1.807) is 0 Å². The van der Waals surface area contributed by atoms with E-state index < -0.39 is 0 Å². The number of aromatic amines is 1. The maximum Gasteiger partial charge on any atom is 0.224 e. The zero-order valence-corrected chi connectivity index (χ0v) is 13.7. The fourth-order valence-electron chi connectivity index (χ4n) is 2.98. The largest absolute Gasteiger partial charge is 0.353 e. The summed E-state index contributed by atoms with van der Waals surface area (Å²) in [6.45, 7) is 8.50. The number of rotatable bonds is 2. The molecule has 3 heterocycles. The van der Waals surface area contributed by atoms with Crippen LogP contribution in [0.5, 0.6) is 0 Å². The van der Waals surface area contributed by atoms with Crippen molar-refractivity contribution < 1.29 is 4.79 Å². The van der Waals surface area contributed by atoms with Gasteiger partial charge in [0.25, 0.3) is 0 Å². The molecule has 118 valence electrons. The molecular formula is C17H24N4O. The van der Waals surface area contributed by atoms with Gasteiger partial charge in [-0.15, -0.1) is 0 Å². The molecule has 1 aliphatic heterocycles. The second-order valence-corrected chi connectivity index (χ2v) is 6.88. The summed E-state index contributed by atoms with van der Waals surface area (Å²) in [5.74, 6) is 1.81. The normalized spacial score (nSPS) is 19.2. The molecule has 0 fully saturated rings. The van der Waals surface area contributed by atoms with E-state index in [1.807, 2.05) is 6.07 Å². The Kier molecular flexibility index (Phi) is 3.89. The first-order valence-electron chi connectivity index (χ1n) is 8.11. The highest BCUT2D eigenvalue weighted by Crippen LogP contribution is 2.22. The topological polar surface area (TPSA) is 70.7 Å². The zero-order chi connectivity index (χ0) is 15.9. The average Bonchev–Trinajstić information content (AvgIpc) is 2.83. The van der Waals surface area contributed by atoms with Gasteiger partial charge in [-0.25, -0.2) is 9.97 Å². The molecule has 0 bridgehead atoms. The fraction of sp³-hybridized carbons (Fsp3) is 0.588. The number of fused-ring (bicyclic) bond motifs is 2. The number of hydrogen-bond donors (Lipinski definition) is 2. The minimum absolute atomic E-state index is 0.0874. The average molecular weight is 300 g/mol. The number of imidazole rings is 1. The molecule has 0 spiro atoms. The van der Waals surface area contributed by atoms with E-state index >= 15 is 0 Å². The smallest absolute Gasteiger partial charge is 0.224 e. The minimum Gasteiger partial charge on any atom is -0.353 e. The molecule has 0 aliphatic carbocycles. The van der Waals surface area contributed by atoms with Gasteiger partial charge in [0.1, 0.15) is 5.82 Å². The summed E-state index contributed by atoms with van der Waals surface area (Å²) >= 11 is 0. The molecule has 1 aliphatic rings. The maximum atomic E-state index is 12.2. The highest BCUT2D eigenvalue weighted by Gasteiger charge is 2.22. The van der Waals surface area contributed by atoms with Crippen LogP contribution in [0, 0.1) is 5.92 Å². The molecule has 0 radical (unpaired) electrons. The third-order valence-corrected chi connectivity index (χ3v) is 4.40. The van der Waals surface area contributed by atoms with Gasteiger partial charge in [-0.2, -0.15) is 0 Å². The lowest BCUT2D eigenvalue weighted by Crippen LogP contribution is -2.41. The van der Waals surface area contributed by atoms with E-state index in [-0.39, 0.29) is 11.9 Å². The van der Waals surface area contributed by atoms with Crippen LogP contribution in [0.15, 0.2) is 6.07 Å². The number of pyridine rings is 1. The molecule has 5 nitrogen and oxygen atoms in total. The summed E-state index contributed by atoms with van der Waals surface area (Å²) in [6, 6.07) is 2.27. The first kappa shape index (κ1) is 15.0. The molecule has 0 saturated carbocycles. The molecule has 3 rings (SSSR count). The summed E-state index contributed by atoms with van der Waals surface area (Å²) in [6.07, 6.45) is 2.21. The Balaban J connectivity index is 1.99. The lowest BCUT2D eigenvalue weighted by Gasteiger charge is -2.25. The first-order valence-corrected chi connectivity index (χ1v) is 8.11. The van der Waals surface area contributed by atoms with Crippen LogP contribution in [0.1, 0.15) is 57.1 Å². The molecular weight excluding hydrogens is 276 g/mol. The number of hydrogen-bond acceptors (Lipinski definition) is 3. The summed E-state index contributed by atoms with van der Waals surface area (Å²) in [7, 11) is 0. The number of H-pyrrole nitrogens is 1. The lowest BCUT2D eigenvalue weighted by molar-refractivity contribution is -0.121. The van der Waals surface area contributed by atoms with Gasteiger partial charge in [-0.3, -0.25) is 4.79 Å². The highest BCUT2D eigenvalue weighted by atomic mass is 16.1. The van der Waals surface area contributed by atoms with E-state index in [0.29, 0.717) is 18.3 Å². The predicted octanol–water partition coefficient (Wildman–Crippen LogP) is 2.71. The number of aromatic nitrogens is 3. The molecule has 0 saturated heterocycles. The van der Waals surface area contributed by atoms with Crippen molar-refractivity contribution >= 4 is 17.1 Å². The zero-order valence-electron chi connectivity index (χ0n) is 13.7. The Hall–Kier alpha value is -1.91. The second kappa shape index (κ2) is 5.71. The number of aryl methyl sites for hydroxylation is 1. The quantitative estimate of drug-likeness (QED) is 0.896. The standard InChI is InChI=1S/C17H24N4O/c1-9(2)12-5-6-13-11(8-15(22)18-12)7-14-17(19-13)21-16(20-14)10(3)4/h7,9-10,12H,5-6,8H2,1-4H3,(H,18,22)(H,19,20,21).